The zero-order valence-corrected chi connectivity index (χ0v) is 13.8. The van der Waals surface area contributed by atoms with Crippen molar-refractivity contribution >= 4 is 11.6 Å². The summed E-state index contributed by atoms with van der Waals surface area (Å²) in [5, 5.41) is 6.83. The number of aryl methyl sites for hydroxylation is 1. The summed E-state index contributed by atoms with van der Waals surface area (Å²) in [5.41, 5.74) is 2.87. The van der Waals surface area contributed by atoms with Gasteiger partial charge >= 0.3 is 0 Å². The van der Waals surface area contributed by atoms with Gasteiger partial charge < -0.3 is 5.32 Å². The molecule has 0 aliphatic heterocycles. The third-order valence-electron chi connectivity index (χ3n) is 3.91. The zero-order valence-electron chi connectivity index (χ0n) is 13.8. The van der Waals surface area contributed by atoms with Gasteiger partial charge in [0.1, 0.15) is 11.6 Å². The third kappa shape index (κ3) is 3.23. The number of hydrogen-bond acceptors (Lipinski definition) is 4. The van der Waals surface area contributed by atoms with Crippen molar-refractivity contribution in [2.24, 2.45) is 0 Å². The first-order chi connectivity index (χ1) is 11.9. The van der Waals surface area contributed by atoms with Crippen molar-refractivity contribution in [3.8, 4) is 5.95 Å². The van der Waals surface area contributed by atoms with E-state index in [0.717, 1.165) is 29.1 Å². The van der Waals surface area contributed by atoms with Gasteiger partial charge in [0.2, 0.25) is 0 Å². The first-order valence-corrected chi connectivity index (χ1v) is 7.48. The van der Waals surface area contributed by atoms with E-state index in [-0.39, 0.29) is 11.3 Å². The number of amides is 1. The largest absolute Gasteiger partial charge is 0.319 e. The predicted octanol–water partition coefficient (Wildman–Crippen LogP) is 3.12. The molecule has 6 nitrogen and oxygen atoms in total. The van der Waals surface area contributed by atoms with Crippen LogP contribution in [0.15, 0.2) is 30.6 Å². The maximum absolute atomic E-state index is 13.6. The van der Waals surface area contributed by atoms with Crippen LogP contribution in [0.2, 0.25) is 0 Å². The first-order valence-electron chi connectivity index (χ1n) is 7.48. The van der Waals surface area contributed by atoms with E-state index in [9.17, 15) is 13.6 Å². The molecule has 0 aliphatic carbocycles. The molecule has 0 fully saturated rings. The van der Waals surface area contributed by atoms with Crippen LogP contribution in [0, 0.1) is 32.4 Å². The van der Waals surface area contributed by atoms with Crippen LogP contribution in [0.1, 0.15) is 27.3 Å². The lowest BCUT2D eigenvalue weighted by molar-refractivity contribution is 0.102. The van der Waals surface area contributed by atoms with Crippen LogP contribution in [0.3, 0.4) is 0 Å². The summed E-state index contributed by atoms with van der Waals surface area (Å²) < 4.78 is 28.1. The van der Waals surface area contributed by atoms with E-state index in [2.05, 4.69) is 20.4 Å². The summed E-state index contributed by atoms with van der Waals surface area (Å²) in [5.74, 6) is -2.04. The number of anilines is 1. The predicted molar refractivity (Wildman–Crippen MR) is 87.7 cm³/mol. The molecule has 0 spiro atoms. The van der Waals surface area contributed by atoms with E-state index in [0.29, 0.717) is 12.0 Å². The third-order valence-corrected chi connectivity index (χ3v) is 3.91. The fourth-order valence-electron chi connectivity index (χ4n) is 2.28. The number of rotatable bonds is 3. The quantitative estimate of drug-likeness (QED) is 0.793. The second kappa shape index (κ2) is 6.39. The Morgan fingerprint density at radius 1 is 1.12 bits per heavy atom. The zero-order chi connectivity index (χ0) is 18.1. The minimum Gasteiger partial charge on any atom is -0.319 e. The van der Waals surface area contributed by atoms with Crippen LogP contribution >= 0.6 is 0 Å². The monoisotopic (exact) mass is 343 g/mol. The molecule has 3 rings (SSSR count). The standard InChI is InChI=1S/C17H15F2N5O/c1-9-10(2)23-24(11(9)3)17-20-7-13(8-21-17)22-16(25)14-5-4-12(18)6-15(14)19/h4-8H,1-3H3,(H,22,25). The van der Waals surface area contributed by atoms with Crippen molar-refractivity contribution in [1.29, 1.82) is 0 Å². The molecule has 1 amide bonds. The van der Waals surface area contributed by atoms with E-state index in [1.807, 2.05) is 20.8 Å². The van der Waals surface area contributed by atoms with Crippen molar-refractivity contribution in [2.75, 3.05) is 5.32 Å². The Morgan fingerprint density at radius 3 is 2.36 bits per heavy atom. The number of carbonyl (C=O) groups is 1. The molecule has 8 heteroatoms. The van der Waals surface area contributed by atoms with Gasteiger partial charge in [-0.15, -0.1) is 0 Å². The topological polar surface area (TPSA) is 72.7 Å². The van der Waals surface area contributed by atoms with E-state index in [1.165, 1.54) is 12.4 Å². The van der Waals surface area contributed by atoms with E-state index < -0.39 is 17.5 Å². The number of nitrogens with zero attached hydrogens (tertiary/aromatic N) is 4. The number of nitrogens with one attached hydrogen (secondary N) is 1. The number of halogens is 2. The van der Waals surface area contributed by atoms with Crippen molar-refractivity contribution in [2.45, 2.75) is 20.8 Å². The number of benzene rings is 1. The highest BCUT2D eigenvalue weighted by Crippen LogP contribution is 2.16. The molecule has 128 valence electrons. The van der Waals surface area contributed by atoms with Gasteiger partial charge in [0.25, 0.3) is 11.9 Å². The molecule has 0 saturated heterocycles. The summed E-state index contributed by atoms with van der Waals surface area (Å²) >= 11 is 0. The van der Waals surface area contributed by atoms with Crippen LogP contribution in [0.5, 0.6) is 0 Å². The van der Waals surface area contributed by atoms with Gasteiger partial charge in [-0.25, -0.2) is 23.4 Å². The molecule has 2 heterocycles. The highest BCUT2D eigenvalue weighted by atomic mass is 19.1. The van der Waals surface area contributed by atoms with Crippen LogP contribution in [-0.2, 0) is 0 Å². The van der Waals surface area contributed by atoms with Crippen molar-refractivity contribution in [3.05, 3.63) is 64.7 Å². The van der Waals surface area contributed by atoms with Crippen LogP contribution in [-0.4, -0.2) is 25.7 Å². The molecule has 0 saturated carbocycles. The number of hydrogen-bond donors (Lipinski definition) is 1. The summed E-state index contributed by atoms with van der Waals surface area (Å²) in [6, 6.07) is 2.75. The highest BCUT2D eigenvalue weighted by molar-refractivity contribution is 6.04. The van der Waals surface area contributed by atoms with Crippen LogP contribution < -0.4 is 5.32 Å². The van der Waals surface area contributed by atoms with Gasteiger partial charge in [0.05, 0.1) is 29.3 Å². The first kappa shape index (κ1) is 16.7. The summed E-state index contributed by atoms with van der Waals surface area (Å²) in [7, 11) is 0. The lowest BCUT2D eigenvalue weighted by atomic mass is 10.2. The molecule has 1 N–H and O–H groups in total. The smallest absolute Gasteiger partial charge is 0.258 e. The van der Waals surface area contributed by atoms with Crippen LogP contribution in [0.4, 0.5) is 14.5 Å². The molecular weight excluding hydrogens is 328 g/mol. The summed E-state index contributed by atoms with van der Waals surface area (Å²) in [4.78, 5) is 20.4. The molecule has 2 aromatic heterocycles. The Balaban J connectivity index is 1.81. The Labute approximate surface area is 142 Å². The highest BCUT2D eigenvalue weighted by Gasteiger charge is 2.14. The minimum absolute atomic E-state index is 0.264. The fraction of sp³-hybridized carbons (Fsp3) is 0.176. The number of carbonyl (C=O) groups excluding carboxylic acids is 1. The number of aromatic nitrogens is 4. The fourth-order valence-corrected chi connectivity index (χ4v) is 2.28. The molecule has 0 bridgehead atoms. The average Bonchev–Trinajstić information content (AvgIpc) is 2.83. The van der Waals surface area contributed by atoms with Gasteiger partial charge in [-0.2, -0.15) is 5.10 Å². The van der Waals surface area contributed by atoms with Gasteiger partial charge in [-0.1, -0.05) is 0 Å². The summed E-state index contributed by atoms with van der Waals surface area (Å²) in [6.45, 7) is 5.76. The summed E-state index contributed by atoms with van der Waals surface area (Å²) in [6.07, 6.45) is 2.79. The second-order valence-corrected chi connectivity index (χ2v) is 5.56. The Kier molecular flexibility index (Phi) is 4.26. The maximum atomic E-state index is 13.6. The minimum atomic E-state index is -0.937. The van der Waals surface area contributed by atoms with Gasteiger partial charge in [0.15, 0.2) is 0 Å². The second-order valence-electron chi connectivity index (χ2n) is 5.56. The SMILES string of the molecule is Cc1nn(-c2ncc(NC(=O)c3ccc(F)cc3F)cn2)c(C)c1C. The molecule has 25 heavy (non-hydrogen) atoms. The molecule has 0 unspecified atom stereocenters. The van der Waals surface area contributed by atoms with E-state index in [1.54, 1.807) is 4.68 Å². The van der Waals surface area contributed by atoms with Crippen molar-refractivity contribution < 1.29 is 13.6 Å². The Morgan fingerprint density at radius 2 is 1.80 bits per heavy atom. The molecule has 0 radical (unpaired) electrons. The molecule has 0 atom stereocenters. The maximum Gasteiger partial charge on any atom is 0.258 e. The average molecular weight is 343 g/mol. The van der Waals surface area contributed by atoms with E-state index >= 15 is 0 Å². The normalized spacial score (nSPS) is 10.8. The lowest BCUT2D eigenvalue weighted by Gasteiger charge is -2.07. The van der Waals surface area contributed by atoms with Gasteiger partial charge in [-0.3, -0.25) is 4.79 Å². The molecular formula is C17H15F2N5O. The van der Waals surface area contributed by atoms with Gasteiger partial charge in [-0.05, 0) is 38.5 Å². The molecule has 1 aromatic carbocycles. The molecule has 3 aromatic rings. The lowest BCUT2D eigenvalue weighted by Crippen LogP contribution is -2.15. The van der Waals surface area contributed by atoms with E-state index in [4.69, 9.17) is 0 Å². The Bertz CT molecular complexity index is 950. The van der Waals surface area contributed by atoms with Crippen molar-refractivity contribution in [3.63, 3.8) is 0 Å². The Hall–Kier alpha value is -3.16. The van der Waals surface area contributed by atoms with Gasteiger partial charge in [0, 0.05) is 11.8 Å². The van der Waals surface area contributed by atoms with Crippen molar-refractivity contribution in [1.82, 2.24) is 19.7 Å². The molecule has 0 aliphatic rings. The van der Waals surface area contributed by atoms with Crippen LogP contribution in [0.25, 0.3) is 5.95 Å².